The van der Waals surface area contributed by atoms with Crippen molar-refractivity contribution < 1.29 is 0 Å². The molecular formula is C13H18IN5. The van der Waals surface area contributed by atoms with Crippen molar-refractivity contribution in [3.63, 3.8) is 0 Å². The Bertz CT molecular complexity index is 552. The van der Waals surface area contributed by atoms with Crippen LogP contribution >= 0.6 is 22.6 Å². The van der Waals surface area contributed by atoms with Gasteiger partial charge in [-0.15, -0.1) is 5.10 Å². The van der Waals surface area contributed by atoms with E-state index in [0.29, 0.717) is 0 Å². The molecule has 1 aromatic heterocycles. The Balaban J connectivity index is 2.44. The lowest BCUT2D eigenvalue weighted by Crippen LogP contribution is -2.31. The summed E-state index contributed by atoms with van der Waals surface area (Å²) in [5, 5.41) is 8.12. The second-order valence-electron chi connectivity index (χ2n) is 4.46. The number of hydrogen-bond acceptors (Lipinski definition) is 4. The predicted octanol–water partition coefficient (Wildman–Crippen LogP) is 2.15. The monoisotopic (exact) mass is 371 g/mol. The van der Waals surface area contributed by atoms with Crippen molar-refractivity contribution in [1.29, 1.82) is 0 Å². The molecule has 0 saturated carbocycles. The molecule has 102 valence electrons. The van der Waals surface area contributed by atoms with E-state index in [1.54, 1.807) is 6.20 Å². The first kappa shape index (κ1) is 14.4. The lowest BCUT2D eigenvalue weighted by Gasteiger charge is -2.19. The minimum absolute atomic E-state index is 0.0895. The van der Waals surface area contributed by atoms with Gasteiger partial charge in [-0.25, -0.2) is 10.1 Å². The van der Waals surface area contributed by atoms with Crippen molar-refractivity contribution in [3.8, 4) is 0 Å². The number of nitrogens with one attached hydrogen (secondary N) is 1. The molecule has 0 spiro atoms. The van der Waals surface area contributed by atoms with E-state index in [1.807, 2.05) is 10.7 Å². The molecule has 1 heterocycles. The minimum Gasteiger partial charge on any atom is -0.271 e. The Kier molecular flexibility index (Phi) is 4.89. The van der Waals surface area contributed by atoms with Gasteiger partial charge >= 0.3 is 0 Å². The van der Waals surface area contributed by atoms with Crippen molar-refractivity contribution in [1.82, 2.24) is 20.4 Å². The van der Waals surface area contributed by atoms with E-state index in [1.165, 1.54) is 9.13 Å². The maximum atomic E-state index is 5.76. The molecule has 6 heteroatoms. The van der Waals surface area contributed by atoms with Gasteiger partial charge in [0.2, 0.25) is 0 Å². The Labute approximate surface area is 126 Å². The molecule has 0 aliphatic rings. The van der Waals surface area contributed by atoms with E-state index in [9.17, 15) is 0 Å². The summed E-state index contributed by atoms with van der Waals surface area (Å²) in [4.78, 5) is 0. The Hall–Kier alpha value is -0.990. The van der Waals surface area contributed by atoms with Crippen LogP contribution in [-0.2, 0) is 6.54 Å². The molecule has 1 aromatic carbocycles. The van der Waals surface area contributed by atoms with Gasteiger partial charge in [0.05, 0.1) is 17.9 Å². The standard InChI is InChI=1S/C13H18IN5/c1-3-7-19-11(8-16-18-19)13(17-15)10-6-4-5-9(2)12(10)14/h4-6,8,13,17H,3,7,15H2,1-2H3. The summed E-state index contributed by atoms with van der Waals surface area (Å²) in [5.74, 6) is 5.76. The van der Waals surface area contributed by atoms with Gasteiger partial charge in [-0.1, -0.05) is 30.3 Å². The number of nitrogens with two attached hydrogens (primary N) is 1. The second-order valence-corrected chi connectivity index (χ2v) is 5.54. The number of benzene rings is 1. The summed E-state index contributed by atoms with van der Waals surface area (Å²) >= 11 is 2.36. The Morgan fingerprint density at radius 1 is 1.47 bits per heavy atom. The molecule has 0 aliphatic heterocycles. The van der Waals surface area contributed by atoms with E-state index in [-0.39, 0.29) is 6.04 Å². The lowest BCUT2D eigenvalue weighted by atomic mass is 10.0. The molecule has 1 unspecified atom stereocenters. The molecule has 0 radical (unpaired) electrons. The summed E-state index contributed by atoms with van der Waals surface area (Å²) in [6.07, 6.45) is 2.79. The number of hydrogen-bond donors (Lipinski definition) is 2. The smallest absolute Gasteiger partial charge is 0.0905 e. The largest absolute Gasteiger partial charge is 0.271 e. The van der Waals surface area contributed by atoms with Gasteiger partial charge in [-0.2, -0.15) is 0 Å². The van der Waals surface area contributed by atoms with Crippen molar-refractivity contribution in [2.75, 3.05) is 0 Å². The number of hydrazine groups is 1. The molecule has 0 saturated heterocycles. The van der Waals surface area contributed by atoms with Gasteiger partial charge in [-0.3, -0.25) is 5.84 Å². The molecule has 0 aliphatic carbocycles. The van der Waals surface area contributed by atoms with Crippen LogP contribution in [-0.4, -0.2) is 15.0 Å². The molecule has 0 fully saturated rings. The zero-order chi connectivity index (χ0) is 13.8. The van der Waals surface area contributed by atoms with Crippen LogP contribution in [0.3, 0.4) is 0 Å². The van der Waals surface area contributed by atoms with Crippen LogP contribution in [0, 0.1) is 10.5 Å². The van der Waals surface area contributed by atoms with Gasteiger partial charge < -0.3 is 0 Å². The second kappa shape index (κ2) is 6.44. The summed E-state index contributed by atoms with van der Waals surface area (Å²) in [6.45, 7) is 5.06. The van der Waals surface area contributed by atoms with Crippen LogP contribution < -0.4 is 11.3 Å². The van der Waals surface area contributed by atoms with Crippen molar-refractivity contribution in [3.05, 3.63) is 44.8 Å². The first-order chi connectivity index (χ1) is 9.19. The molecule has 1 atom stereocenters. The minimum atomic E-state index is -0.0895. The molecule has 19 heavy (non-hydrogen) atoms. The van der Waals surface area contributed by atoms with Crippen LogP contribution in [0.1, 0.15) is 36.2 Å². The van der Waals surface area contributed by atoms with Crippen LogP contribution in [0.4, 0.5) is 0 Å². The van der Waals surface area contributed by atoms with Crippen molar-refractivity contribution >= 4 is 22.6 Å². The molecule has 0 amide bonds. The number of aromatic nitrogens is 3. The maximum Gasteiger partial charge on any atom is 0.0905 e. The summed E-state index contributed by atoms with van der Waals surface area (Å²) in [5.41, 5.74) is 6.27. The summed E-state index contributed by atoms with van der Waals surface area (Å²) in [7, 11) is 0. The number of aryl methyl sites for hydroxylation is 2. The average Bonchev–Trinajstić information content (AvgIpc) is 2.84. The molecule has 5 nitrogen and oxygen atoms in total. The molecule has 3 N–H and O–H groups in total. The van der Waals surface area contributed by atoms with Crippen LogP contribution in [0.15, 0.2) is 24.4 Å². The van der Waals surface area contributed by atoms with Crippen LogP contribution in [0.25, 0.3) is 0 Å². The first-order valence-electron chi connectivity index (χ1n) is 6.28. The predicted molar refractivity (Wildman–Crippen MR) is 83.4 cm³/mol. The van der Waals surface area contributed by atoms with E-state index >= 15 is 0 Å². The normalized spacial score (nSPS) is 12.6. The van der Waals surface area contributed by atoms with Crippen molar-refractivity contribution in [2.24, 2.45) is 5.84 Å². The van der Waals surface area contributed by atoms with Gasteiger partial charge in [0.15, 0.2) is 0 Å². The van der Waals surface area contributed by atoms with E-state index in [0.717, 1.165) is 24.2 Å². The van der Waals surface area contributed by atoms with Gasteiger partial charge in [0.1, 0.15) is 0 Å². The average molecular weight is 371 g/mol. The maximum absolute atomic E-state index is 5.76. The van der Waals surface area contributed by atoms with E-state index in [2.05, 4.69) is 64.3 Å². The quantitative estimate of drug-likeness (QED) is 0.480. The van der Waals surface area contributed by atoms with Gasteiger partial charge in [-0.05, 0) is 47.1 Å². The highest BCUT2D eigenvalue weighted by Crippen LogP contribution is 2.27. The van der Waals surface area contributed by atoms with E-state index in [4.69, 9.17) is 5.84 Å². The zero-order valence-corrected chi connectivity index (χ0v) is 13.3. The Morgan fingerprint density at radius 2 is 2.26 bits per heavy atom. The molecule has 0 bridgehead atoms. The summed E-state index contributed by atoms with van der Waals surface area (Å²) < 4.78 is 3.12. The van der Waals surface area contributed by atoms with Gasteiger partial charge in [0.25, 0.3) is 0 Å². The highest BCUT2D eigenvalue weighted by Gasteiger charge is 2.20. The number of halogens is 1. The zero-order valence-electron chi connectivity index (χ0n) is 11.1. The fourth-order valence-corrected chi connectivity index (χ4v) is 2.77. The fraction of sp³-hybridized carbons (Fsp3) is 0.385. The number of rotatable bonds is 5. The Morgan fingerprint density at radius 3 is 2.95 bits per heavy atom. The summed E-state index contributed by atoms with van der Waals surface area (Å²) in [6, 6.07) is 6.14. The molecule has 2 aromatic rings. The third-order valence-electron chi connectivity index (χ3n) is 3.08. The first-order valence-corrected chi connectivity index (χ1v) is 7.36. The highest BCUT2D eigenvalue weighted by molar-refractivity contribution is 14.1. The fourth-order valence-electron chi connectivity index (χ4n) is 2.10. The molecular weight excluding hydrogens is 353 g/mol. The lowest BCUT2D eigenvalue weighted by molar-refractivity contribution is 0.511. The molecule has 2 rings (SSSR count). The van der Waals surface area contributed by atoms with Crippen LogP contribution in [0.5, 0.6) is 0 Å². The third-order valence-corrected chi connectivity index (χ3v) is 4.55. The van der Waals surface area contributed by atoms with Crippen molar-refractivity contribution in [2.45, 2.75) is 32.9 Å². The van der Waals surface area contributed by atoms with Crippen LogP contribution in [0.2, 0.25) is 0 Å². The SMILES string of the molecule is CCCn1nncc1C(NN)c1cccc(C)c1I. The third kappa shape index (κ3) is 2.96. The van der Waals surface area contributed by atoms with E-state index < -0.39 is 0 Å². The van der Waals surface area contributed by atoms with Gasteiger partial charge in [0, 0.05) is 10.1 Å². The number of nitrogens with zero attached hydrogens (tertiary/aromatic N) is 3. The topological polar surface area (TPSA) is 68.8 Å². The highest BCUT2D eigenvalue weighted by atomic mass is 127.